The Morgan fingerprint density at radius 1 is 1.59 bits per heavy atom. The fraction of sp³-hybridized carbons (Fsp3) is 0.273. The third-order valence-electron chi connectivity index (χ3n) is 2.56. The number of hydrogen-bond donors (Lipinski definition) is 2. The fourth-order valence-corrected chi connectivity index (χ4v) is 1.55. The summed E-state index contributed by atoms with van der Waals surface area (Å²) in [6, 6.07) is 3.48. The van der Waals surface area contributed by atoms with Gasteiger partial charge in [0.2, 0.25) is 5.95 Å². The number of nitrogens with zero attached hydrogens (tertiary/aromatic N) is 2. The van der Waals surface area contributed by atoms with Crippen LogP contribution in [0.1, 0.15) is 6.92 Å². The number of aromatic nitrogens is 2. The minimum atomic E-state index is -0.969. The fourth-order valence-electron chi connectivity index (χ4n) is 1.55. The van der Waals surface area contributed by atoms with Crippen LogP contribution in [-0.2, 0) is 11.8 Å². The summed E-state index contributed by atoms with van der Waals surface area (Å²) < 4.78 is 14.7. The molecule has 0 amide bonds. The highest BCUT2D eigenvalue weighted by atomic mass is 19.1. The third kappa shape index (κ3) is 2.06. The van der Waals surface area contributed by atoms with Crippen molar-refractivity contribution >= 4 is 23.0 Å². The van der Waals surface area contributed by atoms with Gasteiger partial charge in [-0.1, -0.05) is 0 Å². The second-order valence-corrected chi connectivity index (χ2v) is 3.83. The predicted octanol–water partition coefficient (Wildman–Crippen LogP) is 1.60. The molecule has 0 spiro atoms. The van der Waals surface area contributed by atoms with Gasteiger partial charge in [0, 0.05) is 7.05 Å². The van der Waals surface area contributed by atoms with Gasteiger partial charge in [0.15, 0.2) is 0 Å². The van der Waals surface area contributed by atoms with Gasteiger partial charge >= 0.3 is 5.97 Å². The second kappa shape index (κ2) is 4.04. The molecule has 17 heavy (non-hydrogen) atoms. The van der Waals surface area contributed by atoms with Crippen molar-refractivity contribution in [3.63, 3.8) is 0 Å². The van der Waals surface area contributed by atoms with Crippen LogP contribution in [0.4, 0.5) is 10.3 Å². The molecule has 1 aromatic heterocycles. The Balaban J connectivity index is 2.42. The molecule has 0 saturated carbocycles. The van der Waals surface area contributed by atoms with Crippen molar-refractivity contribution in [1.29, 1.82) is 0 Å². The Kier molecular flexibility index (Phi) is 2.71. The zero-order chi connectivity index (χ0) is 12.6. The quantitative estimate of drug-likeness (QED) is 0.850. The SMILES string of the molecule is CC(Nc1nc2ccc(F)cc2n1C)C(=O)O. The molecule has 0 aliphatic carbocycles. The number of hydrogen-bond acceptors (Lipinski definition) is 3. The zero-order valence-corrected chi connectivity index (χ0v) is 9.44. The maximum Gasteiger partial charge on any atom is 0.325 e. The Morgan fingerprint density at radius 3 is 2.94 bits per heavy atom. The Bertz CT molecular complexity index is 579. The van der Waals surface area contributed by atoms with E-state index in [4.69, 9.17) is 5.11 Å². The highest BCUT2D eigenvalue weighted by Crippen LogP contribution is 2.19. The van der Waals surface area contributed by atoms with Gasteiger partial charge in [-0.25, -0.2) is 9.37 Å². The van der Waals surface area contributed by atoms with Crippen molar-refractivity contribution in [2.45, 2.75) is 13.0 Å². The first-order valence-electron chi connectivity index (χ1n) is 5.10. The van der Waals surface area contributed by atoms with Crippen molar-refractivity contribution in [2.24, 2.45) is 7.05 Å². The number of fused-ring (bicyclic) bond motifs is 1. The van der Waals surface area contributed by atoms with Gasteiger partial charge in [0.25, 0.3) is 0 Å². The number of nitrogens with one attached hydrogen (secondary N) is 1. The number of anilines is 1. The first-order valence-corrected chi connectivity index (χ1v) is 5.10. The largest absolute Gasteiger partial charge is 0.480 e. The molecule has 0 bridgehead atoms. The van der Waals surface area contributed by atoms with Crippen LogP contribution in [0.3, 0.4) is 0 Å². The zero-order valence-electron chi connectivity index (χ0n) is 9.44. The maximum atomic E-state index is 13.1. The average molecular weight is 237 g/mol. The van der Waals surface area contributed by atoms with Crippen molar-refractivity contribution in [1.82, 2.24) is 9.55 Å². The Morgan fingerprint density at radius 2 is 2.29 bits per heavy atom. The molecule has 1 unspecified atom stereocenters. The Labute approximate surface area is 96.9 Å². The normalized spacial score (nSPS) is 12.6. The van der Waals surface area contributed by atoms with Crippen LogP contribution in [0.15, 0.2) is 18.2 Å². The van der Waals surface area contributed by atoms with Crippen molar-refractivity contribution in [2.75, 3.05) is 5.32 Å². The lowest BCUT2D eigenvalue weighted by Gasteiger charge is -2.09. The maximum absolute atomic E-state index is 13.1. The molecule has 2 aromatic rings. The number of halogens is 1. The lowest BCUT2D eigenvalue weighted by atomic mass is 10.3. The standard InChI is InChI=1S/C11H12FN3O2/c1-6(10(16)17)13-11-14-8-4-3-7(12)5-9(8)15(11)2/h3-6H,1-2H3,(H,13,14)(H,16,17). The second-order valence-electron chi connectivity index (χ2n) is 3.83. The number of aryl methyl sites for hydroxylation is 1. The minimum absolute atomic E-state index is 0.349. The average Bonchev–Trinajstić information content (AvgIpc) is 2.56. The molecule has 0 aliphatic heterocycles. The number of benzene rings is 1. The van der Waals surface area contributed by atoms with Crippen LogP contribution in [-0.4, -0.2) is 26.7 Å². The number of carboxylic acid groups (broad SMARTS) is 1. The molecule has 1 aromatic carbocycles. The van der Waals surface area contributed by atoms with E-state index in [9.17, 15) is 9.18 Å². The highest BCUT2D eigenvalue weighted by Gasteiger charge is 2.14. The topological polar surface area (TPSA) is 67.2 Å². The lowest BCUT2D eigenvalue weighted by molar-refractivity contribution is -0.137. The summed E-state index contributed by atoms with van der Waals surface area (Å²) in [7, 11) is 1.70. The van der Waals surface area contributed by atoms with E-state index in [0.717, 1.165) is 0 Å². The third-order valence-corrected chi connectivity index (χ3v) is 2.56. The molecule has 1 atom stereocenters. The molecule has 2 rings (SSSR count). The molecule has 90 valence electrons. The molecule has 0 aliphatic rings. The smallest absolute Gasteiger partial charge is 0.325 e. The number of carboxylic acids is 1. The van der Waals surface area contributed by atoms with Gasteiger partial charge in [0.1, 0.15) is 11.9 Å². The van der Waals surface area contributed by atoms with Crippen molar-refractivity contribution in [3.05, 3.63) is 24.0 Å². The summed E-state index contributed by atoms with van der Waals surface area (Å²) >= 11 is 0. The molecular weight excluding hydrogens is 225 g/mol. The van der Waals surface area contributed by atoms with E-state index in [2.05, 4.69) is 10.3 Å². The number of imidazole rings is 1. The summed E-state index contributed by atoms with van der Waals surface area (Å²) in [5.74, 6) is -0.915. The van der Waals surface area contributed by atoms with Gasteiger partial charge in [-0.15, -0.1) is 0 Å². The van der Waals surface area contributed by atoms with Gasteiger partial charge in [0.05, 0.1) is 11.0 Å². The van der Waals surface area contributed by atoms with E-state index >= 15 is 0 Å². The predicted molar refractivity (Wildman–Crippen MR) is 61.4 cm³/mol. The van der Waals surface area contributed by atoms with E-state index in [-0.39, 0.29) is 5.82 Å². The number of carbonyl (C=O) groups is 1. The van der Waals surface area contributed by atoms with Crippen LogP contribution in [0.25, 0.3) is 11.0 Å². The lowest BCUT2D eigenvalue weighted by Crippen LogP contribution is -2.26. The molecule has 5 nitrogen and oxygen atoms in total. The van der Waals surface area contributed by atoms with Crippen LogP contribution in [0.5, 0.6) is 0 Å². The molecule has 1 heterocycles. The summed E-state index contributed by atoms with van der Waals surface area (Å²) in [6.45, 7) is 1.52. The van der Waals surface area contributed by atoms with E-state index < -0.39 is 12.0 Å². The summed E-state index contributed by atoms with van der Waals surface area (Å²) in [5.41, 5.74) is 1.24. The summed E-state index contributed by atoms with van der Waals surface area (Å²) in [6.07, 6.45) is 0. The first-order chi connectivity index (χ1) is 7.99. The van der Waals surface area contributed by atoms with E-state index in [1.807, 2.05) is 0 Å². The van der Waals surface area contributed by atoms with E-state index in [1.165, 1.54) is 19.1 Å². The molecule has 2 N–H and O–H groups in total. The van der Waals surface area contributed by atoms with Crippen LogP contribution < -0.4 is 5.32 Å². The molecule has 0 fully saturated rings. The first kappa shape index (κ1) is 11.4. The monoisotopic (exact) mass is 237 g/mol. The van der Waals surface area contributed by atoms with Gasteiger partial charge in [-0.2, -0.15) is 0 Å². The minimum Gasteiger partial charge on any atom is -0.480 e. The molecular formula is C11H12FN3O2. The van der Waals surface area contributed by atoms with Crippen molar-refractivity contribution in [3.8, 4) is 0 Å². The van der Waals surface area contributed by atoms with E-state index in [0.29, 0.717) is 17.0 Å². The molecule has 0 radical (unpaired) electrons. The number of aliphatic carboxylic acids is 1. The highest BCUT2D eigenvalue weighted by molar-refractivity contribution is 5.81. The number of rotatable bonds is 3. The van der Waals surface area contributed by atoms with Crippen molar-refractivity contribution < 1.29 is 14.3 Å². The van der Waals surface area contributed by atoms with Gasteiger partial charge in [-0.3, -0.25) is 4.79 Å². The summed E-state index contributed by atoms with van der Waals surface area (Å²) in [5, 5.41) is 11.5. The van der Waals surface area contributed by atoms with Crippen LogP contribution in [0, 0.1) is 5.82 Å². The molecule has 6 heteroatoms. The Hall–Kier alpha value is -2.11. The van der Waals surface area contributed by atoms with E-state index in [1.54, 1.807) is 17.7 Å². The van der Waals surface area contributed by atoms with Crippen LogP contribution >= 0.6 is 0 Å². The molecule has 0 saturated heterocycles. The van der Waals surface area contributed by atoms with Crippen LogP contribution in [0.2, 0.25) is 0 Å². The summed E-state index contributed by atoms with van der Waals surface area (Å²) in [4.78, 5) is 14.9. The van der Waals surface area contributed by atoms with Gasteiger partial charge < -0.3 is 15.0 Å². The van der Waals surface area contributed by atoms with Gasteiger partial charge in [-0.05, 0) is 25.1 Å².